The van der Waals surface area contributed by atoms with Gasteiger partial charge in [-0.15, -0.1) is 0 Å². The van der Waals surface area contributed by atoms with E-state index in [1.807, 2.05) is 0 Å². The number of hydrogen-bond donors (Lipinski definition) is 1. The van der Waals surface area contributed by atoms with E-state index < -0.39 is 0 Å². The summed E-state index contributed by atoms with van der Waals surface area (Å²) < 4.78 is 17.9. The Morgan fingerprint density at radius 1 is 1.50 bits per heavy atom. The first-order chi connectivity index (χ1) is 6.79. The van der Waals surface area contributed by atoms with Gasteiger partial charge in [0.1, 0.15) is 0 Å². The summed E-state index contributed by atoms with van der Waals surface area (Å²) in [4.78, 5) is 0. The Hall–Kier alpha value is -1.09. The Kier molecular flexibility index (Phi) is 2.68. The minimum atomic E-state index is -0.303. The van der Waals surface area contributed by atoms with Crippen molar-refractivity contribution in [3.8, 4) is 5.75 Å². The minimum Gasteiger partial charge on any atom is -0.494 e. The molecule has 2 rings (SSSR count). The average molecular weight is 195 g/mol. The molecular weight excluding hydrogens is 181 g/mol. The van der Waals surface area contributed by atoms with E-state index >= 15 is 0 Å². The van der Waals surface area contributed by atoms with E-state index in [1.165, 1.54) is 26.0 Å². The van der Waals surface area contributed by atoms with Gasteiger partial charge in [0, 0.05) is 12.6 Å². The van der Waals surface area contributed by atoms with E-state index in [2.05, 4.69) is 5.32 Å². The van der Waals surface area contributed by atoms with E-state index in [1.54, 1.807) is 12.1 Å². The zero-order valence-corrected chi connectivity index (χ0v) is 8.22. The maximum Gasteiger partial charge on any atom is 0.165 e. The molecule has 1 aromatic rings. The molecule has 1 aliphatic carbocycles. The highest BCUT2D eigenvalue weighted by atomic mass is 19.1. The number of rotatable bonds is 4. The van der Waals surface area contributed by atoms with Crippen molar-refractivity contribution in [1.29, 1.82) is 0 Å². The molecule has 0 bridgehead atoms. The average Bonchev–Trinajstić information content (AvgIpc) is 3.00. The van der Waals surface area contributed by atoms with Crippen molar-refractivity contribution in [3.63, 3.8) is 0 Å². The Morgan fingerprint density at radius 3 is 2.93 bits per heavy atom. The second-order valence-corrected chi connectivity index (χ2v) is 3.62. The molecular formula is C11H14FNO. The van der Waals surface area contributed by atoms with Gasteiger partial charge in [-0.3, -0.25) is 0 Å². The van der Waals surface area contributed by atoms with E-state index in [-0.39, 0.29) is 5.82 Å². The van der Waals surface area contributed by atoms with Gasteiger partial charge in [-0.05, 0) is 30.5 Å². The Balaban J connectivity index is 2.01. The third kappa shape index (κ3) is 2.23. The second kappa shape index (κ2) is 3.96. The first-order valence-electron chi connectivity index (χ1n) is 4.85. The van der Waals surface area contributed by atoms with Crippen LogP contribution >= 0.6 is 0 Å². The largest absolute Gasteiger partial charge is 0.494 e. The summed E-state index contributed by atoms with van der Waals surface area (Å²) in [5, 5.41) is 3.37. The van der Waals surface area contributed by atoms with Crippen LogP contribution in [0.15, 0.2) is 18.2 Å². The van der Waals surface area contributed by atoms with Crippen LogP contribution in [0.2, 0.25) is 0 Å². The van der Waals surface area contributed by atoms with Crippen LogP contribution in [0.3, 0.4) is 0 Å². The van der Waals surface area contributed by atoms with Gasteiger partial charge in [0.25, 0.3) is 0 Å². The fourth-order valence-electron chi connectivity index (χ4n) is 1.36. The number of nitrogens with one attached hydrogen (secondary N) is 1. The molecule has 2 nitrogen and oxygen atoms in total. The number of benzene rings is 1. The zero-order valence-electron chi connectivity index (χ0n) is 8.22. The lowest BCUT2D eigenvalue weighted by atomic mass is 10.2. The van der Waals surface area contributed by atoms with Crippen LogP contribution in [0.4, 0.5) is 4.39 Å². The molecule has 3 heteroatoms. The molecule has 0 unspecified atom stereocenters. The van der Waals surface area contributed by atoms with Crippen molar-refractivity contribution < 1.29 is 9.13 Å². The summed E-state index contributed by atoms with van der Waals surface area (Å²) in [5.74, 6) is 0.0165. The van der Waals surface area contributed by atoms with Crippen molar-refractivity contribution in [3.05, 3.63) is 29.6 Å². The number of halogens is 1. The summed E-state index contributed by atoms with van der Waals surface area (Å²) in [6, 6.07) is 5.65. The number of ether oxygens (including phenoxy) is 1. The van der Waals surface area contributed by atoms with Gasteiger partial charge in [-0.2, -0.15) is 0 Å². The van der Waals surface area contributed by atoms with Gasteiger partial charge >= 0.3 is 0 Å². The molecule has 0 spiro atoms. The van der Waals surface area contributed by atoms with E-state index in [0.29, 0.717) is 11.8 Å². The van der Waals surface area contributed by atoms with Gasteiger partial charge < -0.3 is 10.1 Å². The monoisotopic (exact) mass is 195 g/mol. The third-order valence-corrected chi connectivity index (χ3v) is 2.39. The number of hydrogen-bond acceptors (Lipinski definition) is 2. The predicted octanol–water partition coefficient (Wildman–Crippen LogP) is 2.09. The van der Waals surface area contributed by atoms with Crippen molar-refractivity contribution in [1.82, 2.24) is 5.32 Å². The van der Waals surface area contributed by atoms with Crippen LogP contribution in [0, 0.1) is 5.82 Å². The van der Waals surface area contributed by atoms with Crippen molar-refractivity contribution in [2.75, 3.05) is 7.11 Å². The smallest absolute Gasteiger partial charge is 0.165 e. The highest BCUT2D eigenvalue weighted by Crippen LogP contribution is 2.21. The molecule has 14 heavy (non-hydrogen) atoms. The maximum atomic E-state index is 13.0. The van der Waals surface area contributed by atoms with Crippen molar-refractivity contribution in [2.24, 2.45) is 0 Å². The molecule has 1 N–H and O–H groups in total. The molecule has 0 heterocycles. The Labute approximate surface area is 83.1 Å². The van der Waals surface area contributed by atoms with E-state index in [9.17, 15) is 4.39 Å². The lowest BCUT2D eigenvalue weighted by Crippen LogP contribution is -2.15. The van der Waals surface area contributed by atoms with Crippen LogP contribution in [0.25, 0.3) is 0 Å². The first kappa shape index (κ1) is 9.46. The fraction of sp³-hybridized carbons (Fsp3) is 0.455. The van der Waals surface area contributed by atoms with Gasteiger partial charge in [0.15, 0.2) is 11.6 Å². The van der Waals surface area contributed by atoms with Crippen LogP contribution < -0.4 is 10.1 Å². The number of methoxy groups -OCH3 is 1. The fourth-order valence-corrected chi connectivity index (χ4v) is 1.36. The van der Waals surface area contributed by atoms with Crippen molar-refractivity contribution >= 4 is 0 Å². The summed E-state index contributed by atoms with van der Waals surface area (Å²) in [6.07, 6.45) is 2.52. The molecule has 1 aliphatic rings. The molecule has 0 saturated heterocycles. The van der Waals surface area contributed by atoms with Crippen LogP contribution in [-0.2, 0) is 6.54 Å². The van der Waals surface area contributed by atoms with Crippen LogP contribution in [0.5, 0.6) is 5.75 Å². The third-order valence-electron chi connectivity index (χ3n) is 2.39. The predicted molar refractivity (Wildman–Crippen MR) is 52.8 cm³/mol. The summed E-state index contributed by atoms with van der Waals surface area (Å²) >= 11 is 0. The summed E-state index contributed by atoms with van der Waals surface area (Å²) in [7, 11) is 1.48. The molecule has 0 atom stereocenters. The lowest BCUT2D eigenvalue weighted by molar-refractivity contribution is 0.385. The van der Waals surface area contributed by atoms with E-state index in [0.717, 1.165) is 12.1 Å². The molecule has 76 valence electrons. The molecule has 0 amide bonds. The summed E-state index contributed by atoms with van der Waals surface area (Å²) in [6.45, 7) is 0.793. The minimum absolute atomic E-state index is 0.303. The second-order valence-electron chi connectivity index (χ2n) is 3.62. The van der Waals surface area contributed by atoms with Crippen LogP contribution in [0.1, 0.15) is 18.4 Å². The van der Waals surface area contributed by atoms with E-state index in [4.69, 9.17) is 4.74 Å². The Morgan fingerprint density at radius 2 is 2.29 bits per heavy atom. The zero-order chi connectivity index (χ0) is 9.97. The van der Waals surface area contributed by atoms with Gasteiger partial charge in [0.2, 0.25) is 0 Å². The van der Waals surface area contributed by atoms with Gasteiger partial charge in [0.05, 0.1) is 7.11 Å². The maximum absolute atomic E-state index is 13.0. The standard InChI is InChI=1S/C11H14FNO/c1-14-11-6-8(2-5-10(11)12)7-13-9-3-4-9/h2,5-6,9,13H,3-4,7H2,1H3. The molecule has 1 fully saturated rings. The SMILES string of the molecule is COc1cc(CNC2CC2)ccc1F. The Bertz CT molecular complexity index is 323. The molecule has 0 aliphatic heterocycles. The molecule has 0 aromatic heterocycles. The lowest BCUT2D eigenvalue weighted by Gasteiger charge is -2.06. The topological polar surface area (TPSA) is 21.3 Å². The quantitative estimate of drug-likeness (QED) is 0.794. The van der Waals surface area contributed by atoms with Crippen molar-refractivity contribution in [2.45, 2.75) is 25.4 Å². The van der Waals surface area contributed by atoms with Gasteiger partial charge in [-0.1, -0.05) is 6.07 Å². The van der Waals surface area contributed by atoms with Gasteiger partial charge in [-0.25, -0.2) is 4.39 Å². The van der Waals surface area contributed by atoms with Crippen LogP contribution in [-0.4, -0.2) is 13.2 Å². The highest BCUT2D eigenvalue weighted by molar-refractivity contribution is 5.30. The highest BCUT2D eigenvalue weighted by Gasteiger charge is 2.20. The summed E-state index contributed by atoms with van der Waals surface area (Å²) in [5.41, 5.74) is 1.06. The molecule has 0 radical (unpaired) electrons. The normalized spacial score (nSPS) is 15.6. The first-order valence-corrected chi connectivity index (χ1v) is 4.85. The molecule has 1 saturated carbocycles. The molecule has 1 aromatic carbocycles.